The number of ether oxygens (including phenoxy) is 2. The summed E-state index contributed by atoms with van der Waals surface area (Å²) in [5, 5.41) is 22.0. The summed E-state index contributed by atoms with van der Waals surface area (Å²) in [6.07, 6.45) is 0. The Morgan fingerprint density at radius 3 is 2.70 bits per heavy atom. The summed E-state index contributed by atoms with van der Waals surface area (Å²) in [7, 11) is 5.46. The first kappa shape index (κ1) is 17.3. The van der Waals surface area contributed by atoms with Gasteiger partial charge < -0.3 is 14.4 Å². The number of hydrogen-bond acceptors (Lipinski definition) is 7. The molecule has 23 heavy (non-hydrogen) atoms. The van der Waals surface area contributed by atoms with Crippen molar-refractivity contribution in [3.05, 3.63) is 18.2 Å². The van der Waals surface area contributed by atoms with Crippen LogP contribution in [-0.4, -0.2) is 68.8 Å². The van der Waals surface area contributed by atoms with Gasteiger partial charge in [-0.3, -0.25) is 10.4 Å². The Morgan fingerprint density at radius 1 is 1.22 bits per heavy atom. The molecule has 1 heterocycles. The van der Waals surface area contributed by atoms with Crippen LogP contribution in [0.25, 0.3) is 0 Å². The number of nitrogens with zero attached hydrogens (tertiary/aromatic N) is 4. The van der Waals surface area contributed by atoms with Crippen LogP contribution in [0.3, 0.4) is 0 Å². The topological polar surface area (TPSA) is 93.0 Å². The highest BCUT2D eigenvalue weighted by Gasteiger charge is 2.26. The summed E-state index contributed by atoms with van der Waals surface area (Å²) in [5.74, 6) is 0.693. The molecule has 9 nitrogen and oxygen atoms in total. The van der Waals surface area contributed by atoms with E-state index < -0.39 is 0 Å². The molecule has 0 aliphatic carbocycles. The monoisotopic (exact) mass is 325 g/mol. The Kier molecular flexibility index (Phi) is 5.99. The fraction of sp³-hybridized carbons (Fsp3) is 0.500. The average Bonchev–Trinajstić information content (AvgIpc) is 2.52. The van der Waals surface area contributed by atoms with Gasteiger partial charge in [0.15, 0.2) is 0 Å². The van der Waals surface area contributed by atoms with Gasteiger partial charge in [-0.2, -0.15) is 10.2 Å². The van der Waals surface area contributed by atoms with Crippen molar-refractivity contribution in [3.8, 4) is 5.75 Å². The molecule has 128 valence electrons. The molecule has 0 aromatic heterocycles. The number of hydrazine groups is 1. The molecule has 9 heteroatoms. The Hall–Kier alpha value is -2.07. The number of anilines is 2. The zero-order valence-electron chi connectivity index (χ0n) is 13.6. The predicted molar refractivity (Wildman–Crippen MR) is 86.3 cm³/mol. The number of methoxy groups -OCH3 is 1. The minimum absolute atomic E-state index is 0.135. The van der Waals surface area contributed by atoms with E-state index in [1.165, 1.54) is 0 Å². The normalized spacial score (nSPS) is 15.8. The van der Waals surface area contributed by atoms with Gasteiger partial charge >= 0.3 is 0 Å². The SMILES string of the molecule is COCCOc1ccc2c(c1)N(O)C(=NCCN(C)C)NN2O. The molecule has 0 fully saturated rings. The zero-order valence-corrected chi connectivity index (χ0v) is 13.6. The molecule has 0 spiro atoms. The van der Waals surface area contributed by atoms with Crippen LogP contribution in [-0.2, 0) is 4.74 Å². The molecule has 1 aromatic carbocycles. The molecule has 0 saturated heterocycles. The van der Waals surface area contributed by atoms with E-state index in [2.05, 4.69) is 10.4 Å². The van der Waals surface area contributed by atoms with Gasteiger partial charge in [0.25, 0.3) is 0 Å². The number of guanidine groups is 1. The number of likely N-dealkylation sites (N-methyl/N-ethyl adjacent to an activating group) is 1. The standard InChI is InChI=1S/C14H23N5O4/c1-17(2)7-6-15-14-16-19(21)12-5-4-11(23-9-8-22-3)10-13(12)18(14)20/h4-5,10,20-21H,6-9H2,1-3H3,(H,15,16). The van der Waals surface area contributed by atoms with E-state index >= 15 is 0 Å². The number of nitrogens with one attached hydrogen (secondary N) is 1. The number of aliphatic imine (C=N–C) groups is 1. The maximum Gasteiger partial charge on any atom is 0.244 e. The molecule has 1 aliphatic heterocycles. The molecule has 0 saturated carbocycles. The number of hydrogen-bond donors (Lipinski definition) is 3. The number of rotatable bonds is 7. The Labute approximate surface area is 135 Å². The van der Waals surface area contributed by atoms with Crippen molar-refractivity contribution in [3.63, 3.8) is 0 Å². The van der Waals surface area contributed by atoms with Crippen molar-refractivity contribution >= 4 is 17.3 Å². The van der Waals surface area contributed by atoms with Crippen LogP contribution >= 0.6 is 0 Å². The lowest BCUT2D eigenvalue weighted by Gasteiger charge is -2.33. The van der Waals surface area contributed by atoms with Crippen molar-refractivity contribution in [2.45, 2.75) is 0 Å². The highest BCUT2D eigenvalue weighted by Crippen LogP contribution is 2.33. The van der Waals surface area contributed by atoms with E-state index in [0.29, 0.717) is 36.9 Å². The summed E-state index contributed by atoms with van der Waals surface area (Å²) in [5.41, 5.74) is 3.36. The van der Waals surface area contributed by atoms with E-state index in [4.69, 9.17) is 9.47 Å². The molecule has 2 rings (SSSR count). The molecule has 0 amide bonds. The highest BCUT2D eigenvalue weighted by atomic mass is 16.6. The molecule has 0 unspecified atom stereocenters. The van der Waals surface area contributed by atoms with Crippen LogP contribution in [0.5, 0.6) is 5.75 Å². The molecular weight excluding hydrogens is 302 g/mol. The minimum atomic E-state index is 0.135. The number of hydroxylamine groups is 1. The number of fused-ring (bicyclic) bond motifs is 1. The van der Waals surface area contributed by atoms with Gasteiger partial charge in [0, 0.05) is 19.7 Å². The molecule has 0 radical (unpaired) electrons. The van der Waals surface area contributed by atoms with E-state index in [9.17, 15) is 10.4 Å². The van der Waals surface area contributed by atoms with Crippen LogP contribution in [0.2, 0.25) is 0 Å². The third kappa shape index (κ3) is 4.45. The maximum atomic E-state index is 10.3. The van der Waals surface area contributed by atoms with Gasteiger partial charge in [-0.1, -0.05) is 0 Å². The smallest absolute Gasteiger partial charge is 0.244 e. The molecule has 0 bridgehead atoms. The fourth-order valence-corrected chi connectivity index (χ4v) is 1.96. The van der Waals surface area contributed by atoms with E-state index in [0.717, 1.165) is 16.8 Å². The van der Waals surface area contributed by atoms with E-state index in [-0.39, 0.29) is 5.96 Å². The lowest BCUT2D eigenvalue weighted by molar-refractivity contribution is 0.146. The fourth-order valence-electron chi connectivity index (χ4n) is 1.96. The van der Waals surface area contributed by atoms with Crippen molar-refractivity contribution in [2.24, 2.45) is 4.99 Å². The number of benzene rings is 1. The van der Waals surface area contributed by atoms with Crippen LogP contribution in [0, 0.1) is 0 Å². The van der Waals surface area contributed by atoms with Gasteiger partial charge in [-0.25, -0.2) is 10.4 Å². The second-order valence-corrected chi connectivity index (χ2v) is 5.24. The summed E-state index contributed by atoms with van der Waals surface area (Å²) in [6, 6.07) is 4.95. The summed E-state index contributed by atoms with van der Waals surface area (Å²) >= 11 is 0. The zero-order chi connectivity index (χ0) is 16.8. The van der Waals surface area contributed by atoms with E-state index in [1.807, 2.05) is 19.0 Å². The van der Waals surface area contributed by atoms with Crippen LogP contribution < -0.4 is 20.4 Å². The van der Waals surface area contributed by atoms with Crippen molar-refractivity contribution in [2.75, 3.05) is 57.7 Å². The second kappa shape index (κ2) is 7.97. The average molecular weight is 325 g/mol. The van der Waals surface area contributed by atoms with Crippen LogP contribution in [0.4, 0.5) is 11.4 Å². The van der Waals surface area contributed by atoms with Gasteiger partial charge in [-0.15, -0.1) is 0 Å². The molecule has 0 atom stereocenters. The quantitative estimate of drug-likeness (QED) is 0.626. The highest BCUT2D eigenvalue weighted by molar-refractivity contribution is 6.00. The molecule has 1 aliphatic rings. The molecule has 1 aromatic rings. The van der Waals surface area contributed by atoms with Gasteiger partial charge in [0.1, 0.15) is 23.7 Å². The summed E-state index contributed by atoms with van der Waals surface area (Å²) in [6.45, 7) is 2.05. The third-order valence-corrected chi connectivity index (χ3v) is 3.17. The summed E-state index contributed by atoms with van der Waals surface area (Å²) < 4.78 is 10.4. The second-order valence-electron chi connectivity index (χ2n) is 5.24. The maximum absolute atomic E-state index is 10.3. The Balaban J connectivity index is 2.15. The Bertz CT molecular complexity index is 552. The predicted octanol–water partition coefficient (Wildman–Crippen LogP) is 0.539. The first-order valence-electron chi connectivity index (χ1n) is 7.22. The van der Waals surface area contributed by atoms with Gasteiger partial charge in [0.05, 0.1) is 13.2 Å². The van der Waals surface area contributed by atoms with Gasteiger partial charge in [0.2, 0.25) is 5.96 Å². The van der Waals surface area contributed by atoms with Crippen LogP contribution in [0.15, 0.2) is 23.2 Å². The van der Waals surface area contributed by atoms with Crippen molar-refractivity contribution in [1.82, 2.24) is 10.3 Å². The lowest BCUT2D eigenvalue weighted by atomic mass is 10.2. The lowest BCUT2D eigenvalue weighted by Crippen LogP contribution is -2.52. The summed E-state index contributed by atoms with van der Waals surface area (Å²) in [4.78, 5) is 6.21. The largest absolute Gasteiger partial charge is 0.491 e. The third-order valence-electron chi connectivity index (χ3n) is 3.17. The van der Waals surface area contributed by atoms with Crippen molar-refractivity contribution < 1.29 is 19.9 Å². The first-order chi connectivity index (χ1) is 11.0. The minimum Gasteiger partial charge on any atom is -0.491 e. The van der Waals surface area contributed by atoms with Crippen molar-refractivity contribution in [1.29, 1.82) is 0 Å². The van der Waals surface area contributed by atoms with Gasteiger partial charge in [-0.05, 0) is 26.2 Å². The van der Waals surface area contributed by atoms with E-state index in [1.54, 1.807) is 25.3 Å². The first-order valence-corrected chi connectivity index (χ1v) is 7.22. The molecular formula is C14H23N5O4. The van der Waals surface area contributed by atoms with Crippen LogP contribution in [0.1, 0.15) is 0 Å². The Morgan fingerprint density at radius 2 is 2.00 bits per heavy atom. The molecule has 3 N–H and O–H groups in total.